The van der Waals surface area contributed by atoms with Crippen LogP contribution >= 0.6 is 0 Å². The summed E-state index contributed by atoms with van der Waals surface area (Å²) >= 11 is 0. The average molecular weight is 342 g/mol. The summed E-state index contributed by atoms with van der Waals surface area (Å²) in [4.78, 5) is 11.7. The maximum atomic E-state index is 12.4. The fraction of sp³-hybridized carbons (Fsp3) is 0.562. The van der Waals surface area contributed by atoms with Crippen LogP contribution in [-0.2, 0) is 14.8 Å². The fourth-order valence-electron chi connectivity index (χ4n) is 2.12. The Kier molecular flexibility index (Phi) is 7.51. The van der Waals surface area contributed by atoms with Gasteiger partial charge in [-0.3, -0.25) is 4.79 Å². The van der Waals surface area contributed by atoms with Crippen molar-refractivity contribution in [3.63, 3.8) is 0 Å². The van der Waals surface area contributed by atoms with E-state index in [-0.39, 0.29) is 16.8 Å². The highest BCUT2D eigenvalue weighted by atomic mass is 32.2. The average Bonchev–Trinajstić information content (AvgIpc) is 2.48. The molecule has 7 heteroatoms. The largest absolute Gasteiger partial charge is 0.492 e. The molecule has 0 aliphatic heterocycles. The minimum Gasteiger partial charge on any atom is -0.492 e. The van der Waals surface area contributed by atoms with Gasteiger partial charge in [0.1, 0.15) is 5.75 Å². The molecule has 1 rings (SSSR count). The summed E-state index contributed by atoms with van der Waals surface area (Å²) in [5.41, 5.74) is 0.365. The number of carbonyl (C=O) groups excluding carboxylic acids is 1. The third kappa shape index (κ3) is 5.84. The van der Waals surface area contributed by atoms with Crippen molar-refractivity contribution in [2.45, 2.75) is 57.9 Å². The topological polar surface area (TPSA) is 84.5 Å². The van der Waals surface area contributed by atoms with Crippen molar-refractivity contribution in [1.29, 1.82) is 0 Å². The lowest BCUT2D eigenvalue weighted by Gasteiger charge is -2.16. The predicted octanol–water partition coefficient (Wildman–Crippen LogP) is 2.90. The highest BCUT2D eigenvalue weighted by Crippen LogP contribution is 2.28. The number of benzene rings is 1. The van der Waals surface area contributed by atoms with E-state index in [1.54, 1.807) is 13.0 Å². The quantitative estimate of drug-likeness (QED) is 0.723. The van der Waals surface area contributed by atoms with Crippen LogP contribution < -0.4 is 14.8 Å². The summed E-state index contributed by atoms with van der Waals surface area (Å²) < 4.78 is 32.9. The molecule has 1 aromatic rings. The minimum absolute atomic E-state index is 0.107. The van der Waals surface area contributed by atoms with Crippen molar-refractivity contribution in [2.75, 3.05) is 11.9 Å². The Bertz CT molecular complexity index is 629. The van der Waals surface area contributed by atoms with Gasteiger partial charge in [-0.1, -0.05) is 20.3 Å². The molecule has 23 heavy (non-hydrogen) atoms. The van der Waals surface area contributed by atoms with Crippen molar-refractivity contribution in [3.05, 3.63) is 18.2 Å². The van der Waals surface area contributed by atoms with Gasteiger partial charge in [0.15, 0.2) is 0 Å². The van der Waals surface area contributed by atoms with Crippen molar-refractivity contribution in [3.8, 4) is 5.75 Å². The third-order valence-corrected chi connectivity index (χ3v) is 4.82. The molecule has 0 aromatic heterocycles. The van der Waals surface area contributed by atoms with Crippen molar-refractivity contribution in [1.82, 2.24) is 4.72 Å². The van der Waals surface area contributed by atoms with Gasteiger partial charge < -0.3 is 10.1 Å². The first kappa shape index (κ1) is 19.4. The normalized spacial score (nSPS) is 12.7. The number of carbonyl (C=O) groups is 1. The van der Waals surface area contributed by atoms with Gasteiger partial charge in [-0.2, -0.15) is 0 Å². The molecule has 130 valence electrons. The molecule has 1 amide bonds. The predicted molar refractivity (Wildman–Crippen MR) is 91.2 cm³/mol. The van der Waals surface area contributed by atoms with Crippen LogP contribution in [0.1, 0.15) is 47.0 Å². The molecule has 0 saturated heterocycles. The van der Waals surface area contributed by atoms with Gasteiger partial charge in [0.2, 0.25) is 15.9 Å². The zero-order chi connectivity index (χ0) is 17.5. The van der Waals surface area contributed by atoms with Crippen LogP contribution in [0.2, 0.25) is 0 Å². The van der Waals surface area contributed by atoms with Crippen LogP contribution in [0.3, 0.4) is 0 Å². The van der Waals surface area contributed by atoms with E-state index in [0.717, 1.165) is 12.8 Å². The summed E-state index contributed by atoms with van der Waals surface area (Å²) in [5.74, 6) is 0.252. The summed E-state index contributed by atoms with van der Waals surface area (Å²) in [6.07, 6.45) is 1.95. The third-order valence-electron chi connectivity index (χ3n) is 3.23. The van der Waals surface area contributed by atoms with Gasteiger partial charge in [-0.05, 0) is 38.5 Å². The number of nitrogens with one attached hydrogen (secondary N) is 2. The molecule has 6 nitrogen and oxygen atoms in total. The molecule has 0 radical (unpaired) electrons. The molecule has 1 aromatic carbocycles. The molecule has 0 heterocycles. The van der Waals surface area contributed by atoms with Crippen LogP contribution in [-0.4, -0.2) is 27.0 Å². The lowest BCUT2D eigenvalue weighted by molar-refractivity contribution is -0.115. The smallest absolute Gasteiger partial charge is 0.240 e. The molecule has 0 unspecified atom stereocenters. The maximum Gasteiger partial charge on any atom is 0.240 e. The molecule has 0 aliphatic carbocycles. The van der Waals surface area contributed by atoms with Crippen molar-refractivity contribution < 1.29 is 17.9 Å². The molecule has 0 saturated carbocycles. The van der Waals surface area contributed by atoms with E-state index >= 15 is 0 Å². The SMILES string of the molecule is CCC[C@@H](C)NS(=O)(=O)c1ccc(OCC)c(NC(=O)CC)c1. The molecular weight excluding hydrogens is 316 g/mol. The molecule has 0 spiro atoms. The van der Waals surface area contributed by atoms with E-state index in [2.05, 4.69) is 10.0 Å². The first-order chi connectivity index (χ1) is 10.8. The zero-order valence-electron chi connectivity index (χ0n) is 14.2. The Hall–Kier alpha value is -1.60. The van der Waals surface area contributed by atoms with Crippen molar-refractivity contribution in [2.24, 2.45) is 0 Å². The molecule has 1 atom stereocenters. The molecule has 0 bridgehead atoms. The molecule has 0 aliphatic rings. The Morgan fingerprint density at radius 3 is 2.52 bits per heavy atom. The van der Waals surface area contributed by atoms with Crippen molar-refractivity contribution >= 4 is 21.6 Å². The lowest BCUT2D eigenvalue weighted by atomic mass is 10.2. The number of ether oxygens (including phenoxy) is 1. The number of sulfonamides is 1. The van der Waals surface area contributed by atoms with Gasteiger partial charge in [0, 0.05) is 12.5 Å². The second kappa shape index (κ2) is 8.88. The molecule has 2 N–H and O–H groups in total. The van der Waals surface area contributed by atoms with E-state index in [9.17, 15) is 13.2 Å². The van der Waals surface area contributed by atoms with Crippen LogP contribution in [0.4, 0.5) is 5.69 Å². The lowest BCUT2D eigenvalue weighted by Crippen LogP contribution is -2.32. The second-order valence-electron chi connectivity index (χ2n) is 5.30. The van der Waals surface area contributed by atoms with E-state index in [4.69, 9.17) is 4.74 Å². The summed E-state index contributed by atoms with van der Waals surface area (Å²) in [5, 5.41) is 2.68. The molecular formula is C16H26N2O4S. The monoisotopic (exact) mass is 342 g/mol. The zero-order valence-corrected chi connectivity index (χ0v) is 15.0. The standard InChI is InChI=1S/C16H26N2O4S/c1-5-8-12(4)18-23(20,21)13-9-10-15(22-7-3)14(11-13)17-16(19)6-2/h9-12,18H,5-8H2,1-4H3,(H,17,19)/t12-/m1/s1. The highest BCUT2D eigenvalue weighted by molar-refractivity contribution is 7.89. The number of hydrogen-bond acceptors (Lipinski definition) is 4. The van der Waals surface area contributed by atoms with Gasteiger partial charge in [0.25, 0.3) is 0 Å². The highest BCUT2D eigenvalue weighted by Gasteiger charge is 2.19. The number of hydrogen-bond donors (Lipinski definition) is 2. The summed E-state index contributed by atoms with van der Waals surface area (Å²) in [7, 11) is -3.64. The maximum absolute atomic E-state index is 12.4. The Balaban J connectivity index is 3.12. The van der Waals surface area contributed by atoms with Crippen LogP contribution in [0, 0.1) is 0 Å². The van der Waals surface area contributed by atoms with E-state index in [1.165, 1.54) is 12.1 Å². The van der Waals surface area contributed by atoms with E-state index < -0.39 is 10.0 Å². The Labute approximate surface area is 138 Å². The summed E-state index contributed by atoms with van der Waals surface area (Å²) in [6, 6.07) is 4.33. The van der Waals surface area contributed by atoms with Crippen LogP contribution in [0.15, 0.2) is 23.1 Å². The Morgan fingerprint density at radius 2 is 1.96 bits per heavy atom. The van der Waals surface area contributed by atoms with Crippen LogP contribution in [0.25, 0.3) is 0 Å². The second-order valence-corrected chi connectivity index (χ2v) is 7.02. The fourth-order valence-corrected chi connectivity index (χ4v) is 3.42. The Morgan fingerprint density at radius 1 is 1.26 bits per heavy atom. The number of amides is 1. The van der Waals surface area contributed by atoms with Gasteiger partial charge >= 0.3 is 0 Å². The first-order valence-corrected chi connectivity index (χ1v) is 9.41. The minimum atomic E-state index is -3.64. The number of anilines is 1. The van der Waals surface area contributed by atoms with Crippen LogP contribution in [0.5, 0.6) is 5.75 Å². The molecule has 0 fully saturated rings. The number of rotatable bonds is 9. The van der Waals surface area contributed by atoms with Gasteiger partial charge in [0.05, 0.1) is 17.2 Å². The van der Waals surface area contributed by atoms with Gasteiger partial charge in [-0.25, -0.2) is 13.1 Å². The van der Waals surface area contributed by atoms with E-state index in [1.807, 2.05) is 20.8 Å². The summed E-state index contributed by atoms with van der Waals surface area (Å²) in [6.45, 7) is 7.80. The first-order valence-electron chi connectivity index (χ1n) is 7.93. The van der Waals surface area contributed by atoms with E-state index in [0.29, 0.717) is 24.5 Å². The van der Waals surface area contributed by atoms with Gasteiger partial charge in [-0.15, -0.1) is 0 Å².